The lowest BCUT2D eigenvalue weighted by molar-refractivity contribution is -0.133. The van der Waals surface area contributed by atoms with Crippen LogP contribution in [0.2, 0.25) is 0 Å². The minimum absolute atomic E-state index is 0.0708. The van der Waals surface area contributed by atoms with Crippen LogP contribution in [0.15, 0.2) is 24.3 Å². The molecule has 2 aliphatic rings. The Bertz CT molecular complexity index is 1080. The van der Waals surface area contributed by atoms with E-state index in [4.69, 9.17) is 0 Å². The molecule has 3 amide bonds. The number of nitrogens with one attached hydrogen (secondary N) is 2. The van der Waals surface area contributed by atoms with Gasteiger partial charge in [0.2, 0.25) is 5.91 Å². The van der Waals surface area contributed by atoms with Crippen molar-refractivity contribution in [1.29, 1.82) is 0 Å². The van der Waals surface area contributed by atoms with Gasteiger partial charge in [-0.1, -0.05) is 19.3 Å². The fraction of sp³-hybridized carbons (Fsp3) is 0.455. The van der Waals surface area contributed by atoms with E-state index in [0.717, 1.165) is 44.2 Å². The van der Waals surface area contributed by atoms with Gasteiger partial charge in [-0.25, -0.2) is 8.78 Å². The maximum absolute atomic E-state index is 13.9. The van der Waals surface area contributed by atoms with Gasteiger partial charge in [-0.2, -0.15) is 5.10 Å². The van der Waals surface area contributed by atoms with Crippen LogP contribution in [0.5, 0.6) is 0 Å². The summed E-state index contributed by atoms with van der Waals surface area (Å²) >= 11 is 0. The third-order valence-electron chi connectivity index (χ3n) is 6.34. The molecule has 2 heterocycles. The first-order valence-corrected chi connectivity index (χ1v) is 10.6. The van der Waals surface area contributed by atoms with Crippen molar-refractivity contribution < 1.29 is 23.2 Å². The van der Waals surface area contributed by atoms with Gasteiger partial charge in [-0.15, -0.1) is 0 Å². The van der Waals surface area contributed by atoms with Crippen LogP contribution in [0.4, 0.5) is 14.5 Å². The molecule has 2 aromatic rings. The van der Waals surface area contributed by atoms with Crippen molar-refractivity contribution in [2.24, 2.45) is 0 Å². The Morgan fingerprint density at radius 1 is 1.16 bits per heavy atom. The average molecular weight is 445 g/mol. The maximum atomic E-state index is 13.9. The van der Waals surface area contributed by atoms with Gasteiger partial charge in [-0.05, 0) is 31.9 Å². The number of aromatic nitrogens is 2. The van der Waals surface area contributed by atoms with Gasteiger partial charge in [0.15, 0.2) is 5.69 Å². The van der Waals surface area contributed by atoms with Crippen molar-refractivity contribution >= 4 is 23.4 Å². The number of benzene rings is 1. The summed E-state index contributed by atoms with van der Waals surface area (Å²) in [6.07, 6.45) is 5.11. The van der Waals surface area contributed by atoms with Crippen molar-refractivity contribution in [3.63, 3.8) is 0 Å². The number of amides is 3. The lowest BCUT2D eigenvalue weighted by atomic mass is 9.92. The number of halogens is 2. The molecule has 1 aromatic heterocycles. The monoisotopic (exact) mass is 445 g/mol. The van der Waals surface area contributed by atoms with Crippen molar-refractivity contribution in [3.05, 3.63) is 47.3 Å². The van der Waals surface area contributed by atoms with Crippen LogP contribution in [-0.4, -0.2) is 51.0 Å². The minimum Gasteiger partial charge on any atom is -0.351 e. The van der Waals surface area contributed by atoms with Gasteiger partial charge in [0.05, 0.1) is 12.2 Å². The second kappa shape index (κ2) is 8.33. The van der Waals surface area contributed by atoms with Crippen LogP contribution in [0.1, 0.15) is 60.0 Å². The average Bonchev–Trinajstić information content (AvgIpc) is 3.18. The highest BCUT2D eigenvalue weighted by Gasteiger charge is 2.46. The predicted octanol–water partition coefficient (Wildman–Crippen LogP) is 2.71. The number of hydrogen-bond donors (Lipinski definition) is 2. The van der Waals surface area contributed by atoms with E-state index in [0.29, 0.717) is 6.07 Å². The van der Waals surface area contributed by atoms with Gasteiger partial charge in [-0.3, -0.25) is 19.1 Å². The van der Waals surface area contributed by atoms with Crippen LogP contribution in [0.25, 0.3) is 0 Å². The van der Waals surface area contributed by atoms with Crippen LogP contribution < -0.4 is 10.6 Å². The molecule has 0 radical (unpaired) electrons. The summed E-state index contributed by atoms with van der Waals surface area (Å²) in [6, 6.07) is 4.16. The number of likely N-dealkylation sites (N-methyl/N-ethyl adjacent to an activating group) is 1. The second-order valence-electron chi connectivity index (χ2n) is 8.60. The summed E-state index contributed by atoms with van der Waals surface area (Å²) in [6.45, 7) is 1.74. The molecule has 1 aliphatic carbocycles. The lowest BCUT2D eigenvalue weighted by Gasteiger charge is -2.41. The maximum Gasteiger partial charge on any atom is 0.276 e. The van der Waals surface area contributed by atoms with Gasteiger partial charge >= 0.3 is 0 Å². The van der Waals surface area contributed by atoms with Crippen molar-refractivity contribution in [2.75, 3.05) is 12.4 Å². The molecule has 1 atom stereocenters. The molecule has 0 spiro atoms. The largest absolute Gasteiger partial charge is 0.351 e. The Morgan fingerprint density at radius 3 is 2.56 bits per heavy atom. The van der Waals surface area contributed by atoms with E-state index < -0.39 is 29.0 Å². The smallest absolute Gasteiger partial charge is 0.276 e. The summed E-state index contributed by atoms with van der Waals surface area (Å²) in [5.41, 5.74) is -1.34. The number of anilines is 1. The van der Waals surface area contributed by atoms with Crippen molar-refractivity contribution in [2.45, 2.75) is 57.2 Å². The van der Waals surface area contributed by atoms with Crippen LogP contribution in [0.3, 0.4) is 0 Å². The van der Waals surface area contributed by atoms with Crippen LogP contribution >= 0.6 is 0 Å². The first-order chi connectivity index (χ1) is 15.2. The van der Waals surface area contributed by atoms with Crippen LogP contribution in [-0.2, 0) is 11.3 Å². The normalized spacial score (nSPS) is 21.2. The topological polar surface area (TPSA) is 96.3 Å². The number of rotatable bonds is 4. The molecule has 10 heteroatoms. The Hall–Kier alpha value is -3.30. The lowest BCUT2D eigenvalue weighted by Crippen LogP contribution is -2.63. The number of hydrogen-bond acceptors (Lipinski definition) is 4. The molecule has 0 saturated heterocycles. The first-order valence-electron chi connectivity index (χ1n) is 10.6. The summed E-state index contributed by atoms with van der Waals surface area (Å²) in [5.74, 6) is -3.15. The quantitative estimate of drug-likeness (QED) is 0.756. The zero-order valence-corrected chi connectivity index (χ0v) is 18.0. The van der Waals surface area contributed by atoms with E-state index in [1.54, 1.807) is 14.0 Å². The molecular weight excluding hydrogens is 420 g/mol. The van der Waals surface area contributed by atoms with Gasteiger partial charge in [0, 0.05) is 25.2 Å². The summed E-state index contributed by atoms with van der Waals surface area (Å²) in [7, 11) is 1.55. The standard InChI is InChI=1S/C22H25F2N5O3/c1-22(21(32)25-14-6-4-3-5-7-14)12-29-18(20(31)28(22)2)11-17(27-29)19(30)26-16-9-8-13(23)10-15(16)24/h8-11,14H,3-7,12H2,1-2H3,(H,25,32)(H,26,30). The van der Waals surface area contributed by atoms with Gasteiger partial charge in [0.25, 0.3) is 11.8 Å². The fourth-order valence-electron chi connectivity index (χ4n) is 4.20. The molecule has 1 unspecified atom stereocenters. The molecule has 4 rings (SSSR count). The van der Waals surface area contributed by atoms with E-state index in [2.05, 4.69) is 15.7 Å². The Labute approximate surface area is 184 Å². The third kappa shape index (κ3) is 3.96. The third-order valence-corrected chi connectivity index (χ3v) is 6.34. The van der Waals surface area contributed by atoms with Crippen LogP contribution in [0, 0.1) is 11.6 Å². The van der Waals surface area contributed by atoms with Gasteiger partial charge < -0.3 is 15.5 Å². The SMILES string of the molecule is CN1C(=O)c2cc(C(=O)Nc3ccc(F)cc3F)nn2CC1(C)C(=O)NC1CCCCC1. The summed E-state index contributed by atoms with van der Waals surface area (Å²) in [5, 5.41) is 9.57. The fourth-order valence-corrected chi connectivity index (χ4v) is 4.20. The molecule has 1 saturated carbocycles. The van der Waals surface area contributed by atoms with E-state index in [1.807, 2.05) is 0 Å². The highest BCUT2D eigenvalue weighted by Crippen LogP contribution is 2.27. The number of carbonyl (C=O) groups excluding carboxylic acids is 3. The highest BCUT2D eigenvalue weighted by atomic mass is 19.1. The van der Waals surface area contributed by atoms with Gasteiger partial charge in [0.1, 0.15) is 22.9 Å². The molecule has 1 aromatic carbocycles. The molecule has 32 heavy (non-hydrogen) atoms. The molecule has 1 aliphatic heterocycles. The molecule has 2 N–H and O–H groups in total. The molecule has 1 fully saturated rings. The van der Waals surface area contributed by atoms with E-state index in [-0.39, 0.29) is 35.6 Å². The number of fused-ring (bicyclic) bond motifs is 1. The molecule has 8 nitrogen and oxygen atoms in total. The molecule has 170 valence electrons. The first kappa shape index (κ1) is 21.9. The Kier molecular flexibility index (Phi) is 5.70. The second-order valence-corrected chi connectivity index (χ2v) is 8.60. The van der Waals surface area contributed by atoms with E-state index >= 15 is 0 Å². The number of nitrogens with zero attached hydrogens (tertiary/aromatic N) is 3. The van der Waals surface area contributed by atoms with Crippen molar-refractivity contribution in [1.82, 2.24) is 20.0 Å². The van der Waals surface area contributed by atoms with E-state index in [1.165, 1.54) is 15.6 Å². The Balaban J connectivity index is 1.54. The summed E-state index contributed by atoms with van der Waals surface area (Å²) < 4.78 is 28.3. The minimum atomic E-state index is -1.18. The zero-order chi connectivity index (χ0) is 23.0. The summed E-state index contributed by atoms with van der Waals surface area (Å²) in [4.78, 5) is 40.0. The number of carbonyl (C=O) groups is 3. The predicted molar refractivity (Wildman–Crippen MR) is 112 cm³/mol. The molecular formula is C22H25F2N5O3. The van der Waals surface area contributed by atoms with Crippen molar-refractivity contribution in [3.8, 4) is 0 Å². The highest BCUT2D eigenvalue weighted by molar-refractivity contribution is 6.05. The Morgan fingerprint density at radius 2 is 1.88 bits per heavy atom. The van der Waals surface area contributed by atoms with E-state index in [9.17, 15) is 23.2 Å². The zero-order valence-electron chi connectivity index (χ0n) is 18.0. The molecule has 0 bridgehead atoms.